The van der Waals surface area contributed by atoms with Crippen LogP contribution >= 0.6 is 11.6 Å². The lowest BCUT2D eigenvalue weighted by Gasteiger charge is -2.26. The average Bonchev–Trinajstić information content (AvgIpc) is 2.60. The topological polar surface area (TPSA) is 47.6 Å². The molecule has 1 amide bonds. The molecule has 1 heterocycles. The van der Waals surface area contributed by atoms with Crippen LogP contribution in [0.2, 0.25) is 5.02 Å². The number of hydrogen-bond acceptors (Lipinski definition) is 3. The summed E-state index contributed by atoms with van der Waals surface area (Å²) in [6.45, 7) is 1.06. The van der Waals surface area contributed by atoms with E-state index in [2.05, 4.69) is 5.32 Å². The van der Waals surface area contributed by atoms with Gasteiger partial charge in [0.25, 0.3) is 5.91 Å². The normalized spacial score (nSPS) is 18.8. The minimum atomic E-state index is -0.672. The van der Waals surface area contributed by atoms with Gasteiger partial charge >= 0.3 is 0 Å². The molecule has 1 saturated heterocycles. The summed E-state index contributed by atoms with van der Waals surface area (Å²) in [5.74, 6) is -0.671. The van der Waals surface area contributed by atoms with Crippen molar-refractivity contribution >= 4 is 17.5 Å². The molecule has 1 aliphatic rings. The molecule has 2 atom stereocenters. The second kappa shape index (κ2) is 7.75. The predicted molar refractivity (Wildman–Crippen MR) is 88.4 cm³/mol. The summed E-state index contributed by atoms with van der Waals surface area (Å²) in [6.07, 6.45) is -0.672. The molecule has 0 unspecified atom stereocenters. The van der Waals surface area contributed by atoms with E-state index in [4.69, 9.17) is 21.1 Å². The van der Waals surface area contributed by atoms with E-state index in [1.54, 1.807) is 30.3 Å². The zero-order valence-corrected chi connectivity index (χ0v) is 13.6. The first kappa shape index (κ1) is 16.9. The number of ether oxygens (including phenoxy) is 2. The van der Waals surface area contributed by atoms with Crippen molar-refractivity contribution in [3.63, 3.8) is 0 Å². The van der Waals surface area contributed by atoms with Gasteiger partial charge in [-0.15, -0.1) is 0 Å². The van der Waals surface area contributed by atoms with Crippen molar-refractivity contribution in [2.45, 2.75) is 12.1 Å². The van der Waals surface area contributed by atoms with E-state index in [-0.39, 0.29) is 18.3 Å². The summed E-state index contributed by atoms with van der Waals surface area (Å²) in [5.41, 5.74) is 1.39. The van der Waals surface area contributed by atoms with Crippen LogP contribution in [0.15, 0.2) is 48.5 Å². The van der Waals surface area contributed by atoms with Gasteiger partial charge in [0.15, 0.2) is 6.10 Å². The number of nitrogens with one attached hydrogen (secondary N) is 1. The minimum absolute atomic E-state index is 0.206. The van der Waals surface area contributed by atoms with Gasteiger partial charge in [0.1, 0.15) is 5.82 Å². The van der Waals surface area contributed by atoms with Gasteiger partial charge < -0.3 is 14.8 Å². The Hall–Kier alpha value is -1.95. The summed E-state index contributed by atoms with van der Waals surface area (Å²) < 4.78 is 24.3. The van der Waals surface area contributed by atoms with Crippen LogP contribution in [-0.2, 0) is 14.3 Å². The summed E-state index contributed by atoms with van der Waals surface area (Å²) in [4.78, 5) is 12.5. The molecule has 24 heavy (non-hydrogen) atoms. The molecule has 0 spiro atoms. The number of benzene rings is 2. The minimum Gasteiger partial charge on any atom is -0.376 e. The van der Waals surface area contributed by atoms with Crippen molar-refractivity contribution in [3.8, 4) is 0 Å². The first-order valence-corrected chi connectivity index (χ1v) is 8.02. The standard InChI is InChI=1S/C18H17ClFNO3/c19-14-5-1-3-12(9-14)17(13-4-2-6-15(20)10-13)21-18(22)16-11-23-7-8-24-16/h1-6,9-10,16-17H,7-8,11H2,(H,21,22)/t16-,17+/m1/s1. The summed E-state index contributed by atoms with van der Waals surface area (Å²) >= 11 is 6.06. The fraction of sp³-hybridized carbons (Fsp3) is 0.278. The van der Waals surface area contributed by atoms with Crippen molar-refractivity contribution < 1.29 is 18.7 Å². The number of hydrogen-bond donors (Lipinski definition) is 1. The zero-order valence-electron chi connectivity index (χ0n) is 12.9. The van der Waals surface area contributed by atoms with E-state index < -0.39 is 12.1 Å². The lowest BCUT2D eigenvalue weighted by atomic mass is 9.98. The summed E-state index contributed by atoms with van der Waals surface area (Å²) in [6, 6.07) is 12.7. The van der Waals surface area contributed by atoms with Crippen molar-refractivity contribution in [1.29, 1.82) is 0 Å². The van der Waals surface area contributed by atoms with Crippen molar-refractivity contribution in [3.05, 3.63) is 70.5 Å². The van der Waals surface area contributed by atoms with Gasteiger partial charge in [-0.1, -0.05) is 35.9 Å². The van der Waals surface area contributed by atoms with Crippen LogP contribution in [0.1, 0.15) is 17.2 Å². The summed E-state index contributed by atoms with van der Waals surface area (Å²) in [7, 11) is 0. The number of carbonyl (C=O) groups is 1. The number of carbonyl (C=O) groups excluding carboxylic acids is 1. The first-order chi connectivity index (χ1) is 11.6. The van der Waals surface area contributed by atoms with Gasteiger partial charge in [0, 0.05) is 5.02 Å². The molecule has 6 heteroatoms. The molecule has 126 valence electrons. The molecule has 2 aromatic carbocycles. The maximum Gasteiger partial charge on any atom is 0.252 e. The van der Waals surface area contributed by atoms with E-state index in [0.717, 1.165) is 5.56 Å². The Morgan fingerprint density at radius 1 is 1.17 bits per heavy atom. The Kier molecular flexibility index (Phi) is 5.45. The molecule has 0 saturated carbocycles. The molecular weight excluding hydrogens is 333 g/mol. The van der Waals surface area contributed by atoms with Crippen molar-refractivity contribution in [1.82, 2.24) is 5.32 Å². The van der Waals surface area contributed by atoms with Crippen LogP contribution in [0.5, 0.6) is 0 Å². The SMILES string of the molecule is O=C(N[C@H](c1cccc(F)c1)c1cccc(Cl)c1)[C@H]1COCCO1. The molecule has 0 aliphatic carbocycles. The Balaban J connectivity index is 1.88. The Labute approximate surface area is 144 Å². The zero-order chi connectivity index (χ0) is 16.9. The predicted octanol–water partition coefficient (Wildman–Crippen LogP) is 3.10. The quantitative estimate of drug-likeness (QED) is 0.922. The first-order valence-electron chi connectivity index (χ1n) is 7.64. The highest BCUT2D eigenvalue weighted by molar-refractivity contribution is 6.30. The molecule has 3 rings (SSSR count). The fourth-order valence-corrected chi connectivity index (χ4v) is 2.80. The van der Waals surface area contributed by atoms with E-state index in [1.165, 1.54) is 12.1 Å². The third-order valence-corrected chi connectivity index (χ3v) is 3.99. The third kappa shape index (κ3) is 4.12. The van der Waals surface area contributed by atoms with Gasteiger partial charge in [-0.3, -0.25) is 4.79 Å². The number of rotatable bonds is 4. The second-order valence-corrected chi connectivity index (χ2v) is 5.92. The highest BCUT2D eigenvalue weighted by Crippen LogP contribution is 2.25. The lowest BCUT2D eigenvalue weighted by molar-refractivity contribution is -0.148. The molecule has 0 bridgehead atoms. The van der Waals surface area contributed by atoms with Crippen LogP contribution in [-0.4, -0.2) is 31.8 Å². The third-order valence-electron chi connectivity index (χ3n) is 3.76. The van der Waals surface area contributed by atoms with E-state index in [1.807, 2.05) is 6.07 Å². The fourth-order valence-electron chi connectivity index (χ4n) is 2.61. The van der Waals surface area contributed by atoms with Crippen LogP contribution in [0.4, 0.5) is 4.39 Å². The smallest absolute Gasteiger partial charge is 0.252 e. The van der Waals surface area contributed by atoms with Gasteiger partial charge in [-0.2, -0.15) is 0 Å². The second-order valence-electron chi connectivity index (χ2n) is 5.49. The summed E-state index contributed by atoms with van der Waals surface area (Å²) in [5, 5.41) is 3.45. The lowest BCUT2D eigenvalue weighted by Crippen LogP contribution is -2.44. The molecular formula is C18H17ClFNO3. The Morgan fingerprint density at radius 3 is 2.58 bits per heavy atom. The van der Waals surface area contributed by atoms with E-state index in [9.17, 15) is 9.18 Å². The maximum atomic E-state index is 13.6. The largest absolute Gasteiger partial charge is 0.376 e. The monoisotopic (exact) mass is 349 g/mol. The Morgan fingerprint density at radius 2 is 1.92 bits per heavy atom. The van der Waals surface area contributed by atoms with Crippen molar-refractivity contribution in [2.75, 3.05) is 19.8 Å². The van der Waals surface area contributed by atoms with Crippen LogP contribution < -0.4 is 5.32 Å². The number of halogens is 2. The molecule has 2 aromatic rings. The molecule has 1 N–H and O–H groups in total. The Bertz CT molecular complexity index is 673. The molecule has 4 nitrogen and oxygen atoms in total. The molecule has 0 aromatic heterocycles. The van der Waals surface area contributed by atoms with E-state index >= 15 is 0 Å². The number of amides is 1. The van der Waals surface area contributed by atoms with Gasteiger partial charge in [-0.25, -0.2) is 4.39 Å². The van der Waals surface area contributed by atoms with Gasteiger partial charge in [0.05, 0.1) is 25.9 Å². The van der Waals surface area contributed by atoms with Gasteiger partial charge in [-0.05, 0) is 35.4 Å². The molecule has 0 radical (unpaired) electrons. The maximum absolute atomic E-state index is 13.6. The highest BCUT2D eigenvalue weighted by Gasteiger charge is 2.26. The van der Waals surface area contributed by atoms with E-state index in [0.29, 0.717) is 23.8 Å². The molecule has 1 fully saturated rings. The highest BCUT2D eigenvalue weighted by atomic mass is 35.5. The molecule has 1 aliphatic heterocycles. The van der Waals surface area contributed by atoms with Crippen LogP contribution in [0.25, 0.3) is 0 Å². The van der Waals surface area contributed by atoms with Crippen LogP contribution in [0, 0.1) is 5.82 Å². The average molecular weight is 350 g/mol. The van der Waals surface area contributed by atoms with Crippen LogP contribution in [0.3, 0.4) is 0 Å². The van der Waals surface area contributed by atoms with Gasteiger partial charge in [0.2, 0.25) is 0 Å². The van der Waals surface area contributed by atoms with Crippen molar-refractivity contribution in [2.24, 2.45) is 0 Å².